The van der Waals surface area contributed by atoms with E-state index in [0.717, 1.165) is 54.9 Å². The third-order valence-electron chi connectivity index (χ3n) is 4.05. The van der Waals surface area contributed by atoms with Crippen LogP contribution < -0.4 is 19.7 Å². The molecule has 2 aromatic rings. The molecule has 0 radical (unpaired) electrons. The lowest BCUT2D eigenvalue weighted by molar-refractivity contribution is 0.122. The summed E-state index contributed by atoms with van der Waals surface area (Å²) in [5, 5.41) is 3.38. The highest BCUT2D eigenvalue weighted by molar-refractivity contribution is 5.51. The molecule has 0 unspecified atom stereocenters. The van der Waals surface area contributed by atoms with Crippen molar-refractivity contribution >= 4 is 11.5 Å². The lowest BCUT2D eigenvalue weighted by Crippen LogP contribution is -2.36. The normalized spacial score (nSPS) is 14.3. The smallest absolute Gasteiger partial charge is 0.165 e. The molecule has 0 amide bonds. The number of hydrogen-bond donors (Lipinski definition) is 1. The number of aromatic nitrogens is 1. The van der Waals surface area contributed by atoms with Gasteiger partial charge in [-0.15, -0.1) is 0 Å². The van der Waals surface area contributed by atoms with Gasteiger partial charge in [0.25, 0.3) is 0 Å². The Kier molecular flexibility index (Phi) is 5.38. The SMILES string of the molecule is COc1cccc(CNc2ccc(N3CCOCC3)nc2)c1OC. The average Bonchev–Trinajstić information content (AvgIpc) is 2.67. The number of benzene rings is 1. The highest BCUT2D eigenvalue weighted by Gasteiger charge is 2.12. The number of methoxy groups -OCH3 is 2. The fourth-order valence-corrected chi connectivity index (χ4v) is 2.76. The number of nitrogens with zero attached hydrogens (tertiary/aromatic N) is 2. The lowest BCUT2D eigenvalue weighted by atomic mass is 10.2. The van der Waals surface area contributed by atoms with Crippen molar-refractivity contribution in [3.05, 3.63) is 42.1 Å². The second-order valence-corrected chi connectivity index (χ2v) is 5.51. The number of anilines is 2. The number of ether oxygens (including phenoxy) is 3. The number of pyridine rings is 1. The fraction of sp³-hybridized carbons (Fsp3) is 0.389. The van der Waals surface area contributed by atoms with Crippen LogP contribution in [-0.4, -0.2) is 45.5 Å². The maximum Gasteiger partial charge on any atom is 0.165 e. The van der Waals surface area contributed by atoms with E-state index in [1.807, 2.05) is 36.5 Å². The van der Waals surface area contributed by atoms with E-state index < -0.39 is 0 Å². The van der Waals surface area contributed by atoms with Crippen LogP contribution in [0.5, 0.6) is 11.5 Å². The van der Waals surface area contributed by atoms with Crippen molar-refractivity contribution in [3.63, 3.8) is 0 Å². The summed E-state index contributed by atoms with van der Waals surface area (Å²) < 4.78 is 16.2. The van der Waals surface area contributed by atoms with Gasteiger partial charge in [0, 0.05) is 25.2 Å². The molecule has 0 bridgehead atoms. The molecule has 1 N–H and O–H groups in total. The van der Waals surface area contributed by atoms with Crippen LogP contribution in [0.15, 0.2) is 36.5 Å². The molecule has 3 rings (SSSR count). The van der Waals surface area contributed by atoms with Gasteiger partial charge in [-0.25, -0.2) is 4.98 Å². The van der Waals surface area contributed by atoms with Crippen molar-refractivity contribution in [3.8, 4) is 11.5 Å². The molecule has 1 saturated heterocycles. The van der Waals surface area contributed by atoms with Crippen molar-refractivity contribution < 1.29 is 14.2 Å². The van der Waals surface area contributed by atoms with Crippen LogP contribution in [0.2, 0.25) is 0 Å². The molecular weight excluding hydrogens is 306 g/mol. The first-order valence-electron chi connectivity index (χ1n) is 8.04. The van der Waals surface area contributed by atoms with Gasteiger partial charge in [-0.2, -0.15) is 0 Å². The first-order valence-corrected chi connectivity index (χ1v) is 8.04. The number of morpholine rings is 1. The van der Waals surface area contributed by atoms with Crippen LogP contribution in [-0.2, 0) is 11.3 Å². The molecule has 0 spiro atoms. The van der Waals surface area contributed by atoms with E-state index in [0.29, 0.717) is 6.54 Å². The standard InChI is InChI=1S/C18H23N3O3/c1-22-16-5-3-4-14(18(16)23-2)12-19-15-6-7-17(20-13-15)21-8-10-24-11-9-21/h3-7,13,19H,8-12H2,1-2H3. The lowest BCUT2D eigenvalue weighted by Gasteiger charge is -2.27. The van der Waals surface area contributed by atoms with Crippen LogP contribution in [0.25, 0.3) is 0 Å². The zero-order valence-electron chi connectivity index (χ0n) is 14.1. The molecule has 0 aliphatic carbocycles. The molecule has 1 aliphatic rings. The Bertz CT molecular complexity index is 655. The predicted octanol–water partition coefficient (Wildman–Crippen LogP) is 2.55. The maximum atomic E-state index is 5.46. The van der Waals surface area contributed by atoms with Gasteiger partial charge in [0.1, 0.15) is 5.82 Å². The van der Waals surface area contributed by atoms with Crippen molar-refractivity contribution in [2.75, 3.05) is 50.7 Å². The van der Waals surface area contributed by atoms with Crippen molar-refractivity contribution in [2.45, 2.75) is 6.54 Å². The summed E-state index contributed by atoms with van der Waals surface area (Å²) in [6.45, 7) is 3.94. The van der Waals surface area contributed by atoms with Crippen molar-refractivity contribution in [1.82, 2.24) is 4.98 Å². The highest BCUT2D eigenvalue weighted by Crippen LogP contribution is 2.31. The first-order chi connectivity index (χ1) is 11.8. The van der Waals surface area contributed by atoms with E-state index >= 15 is 0 Å². The van der Waals surface area contributed by atoms with Gasteiger partial charge in [-0.1, -0.05) is 12.1 Å². The van der Waals surface area contributed by atoms with E-state index in [-0.39, 0.29) is 0 Å². The Labute approximate surface area is 142 Å². The van der Waals surface area contributed by atoms with Crippen LogP contribution in [0, 0.1) is 0 Å². The molecule has 128 valence electrons. The van der Waals surface area contributed by atoms with Crippen LogP contribution in [0.4, 0.5) is 11.5 Å². The average molecular weight is 329 g/mol. The summed E-state index contributed by atoms with van der Waals surface area (Å²) >= 11 is 0. The summed E-state index contributed by atoms with van der Waals surface area (Å²) in [5.74, 6) is 2.48. The van der Waals surface area contributed by atoms with Gasteiger partial charge < -0.3 is 24.4 Å². The third kappa shape index (κ3) is 3.71. The van der Waals surface area contributed by atoms with Gasteiger partial charge in [0.2, 0.25) is 0 Å². The number of rotatable bonds is 6. The van der Waals surface area contributed by atoms with E-state index in [1.54, 1.807) is 14.2 Å². The molecular formula is C18H23N3O3. The summed E-state index contributed by atoms with van der Waals surface area (Å²) in [6, 6.07) is 9.95. The third-order valence-corrected chi connectivity index (χ3v) is 4.05. The summed E-state index contributed by atoms with van der Waals surface area (Å²) in [7, 11) is 3.30. The van der Waals surface area contributed by atoms with E-state index in [9.17, 15) is 0 Å². The number of para-hydroxylation sites is 1. The second kappa shape index (κ2) is 7.88. The molecule has 24 heavy (non-hydrogen) atoms. The van der Waals surface area contributed by atoms with Gasteiger partial charge in [0.15, 0.2) is 11.5 Å². The van der Waals surface area contributed by atoms with Gasteiger partial charge in [-0.05, 0) is 18.2 Å². The zero-order valence-corrected chi connectivity index (χ0v) is 14.1. The monoisotopic (exact) mass is 329 g/mol. The largest absolute Gasteiger partial charge is 0.493 e. The fourth-order valence-electron chi connectivity index (χ4n) is 2.76. The van der Waals surface area contributed by atoms with Gasteiger partial charge in [0.05, 0.1) is 39.3 Å². The molecule has 2 heterocycles. The van der Waals surface area contributed by atoms with E-state index in [2.05, 4.69) is 15.2 Å². The minimum Gasteiger partial charge on any atom is -0.493 e. The van der Waals surface area contributed by atoms with Crippen LogP contribution >= 0.6 is 0 Å². The summed E-state index contributed by atoms with van der Waals surface area (Å²) in [4.78, 5) is 6.78. The molecule has 0 saturated carbocycles. The van der Waals surface area contributed by atoms with E-state index in [4.69, 9.17) is 14.2 Å². The molecule has 1 fully saturated rings. The zero-order chi connectivity index (χ0) is 16.8. The van der Waals surface area contributed by atoms with Gasteiger partial charge >= 0.3 is 0 Å². The molecule has 6 heteroatoms. The second-order valence-electron chi connectivity index (χ2n) is 5.51. The minimum atomic E-state index is 0.638. The number of hydrogen-bond acceptors (Lipinski definition) is 6. The summed E-state index contributed by atoms with van der Waals surface area (Å²) in [5.41, 5.74) is 2.01. The molecule has 0 atom stereocenters. The molecule has 1 aromatic carbocycles. The molecule has 1 aromatic heterocycles. The Morgan fingerprint density at radius 1 is 1.12 bits per heavy atom. The molecule has 6 nitrogen and oxygen atoms in total. The van der Waals surface area contributed by atoms with Gasteiger partial charge in [-0.3, -0.25) is 0 Å². The Morgan fingerprint density at radius 2 is 1.96 bits per heavy atom. The van der Waals surface area contributed by atoms with Crippen molar-refractivity contribution in [2.24, 2.45) is 0 Å². The first kappa shape index (κ1) is 16.4. The minimum absolute atomic E-state index is 0.638. The van der Waals surface area contributed by atoms with Crippen LogP contribution in [0.1, 0.15) is 5.56 Å². The summed E-state index contributed by atoms with van der Waals surface area (Å²) in [6.07, 6.45) is 1.86. The van der Waals surface area contributed by atoms with E-state index in [1.165, 1.54) is 0 Å². The van der Waals surface area contributed by atoms with Crippen LogP contribution in [0.3, 0.4) is 0 Å². The number of nitrogens with one attached hydrogen (secondary N) is 1. The molecule has 1 aliphatic heterocycles. The quantitative estimate of drug-likeness (QED) is 0.879. The van der Waals surface area contributed by atoms with Crippen molar-refractivity contribution in [1.29, 1.82) is 0 Å². The Morgan fingerprint density at radius 3 is 2.62 bits per heavy atom. The highest BCUT2D eigenvalue weighted by atomic mass is 16.5. The Hall–Kier alpha value is -2.47. The predicted molar refractivity (Wildman–Crippen MR) is 94.1 cm³/mol. The maximum absolute atomic E-state index is 5.46. The topological polar surface area (TPSA) is 55.9 Å². The Balaban J connectivity index is 1.64.